The molecular weight excluding hydrogens is 268 g/mol. The van der Waals surface area contributed by atoms with E-state index in [1.54, 1.807) is 29.2 Å². The fourth-order valence-electron chi connectivity index (χ4n) is 2.38. The zero-order valence-corrected chi connectivity index (χ0v) is 11.7. The first-order valence-electron chi connectivity index (χ1n) is 6.46. The number of hydrogen-bond acceptors (Lipinski definition) is 3. The Kier molecular flexibility index (Phi) is 3.06. The molecule has 0 aliphatic carbocycles. The van der Waals surface area contributed by atoms with Crippen LogP contribution in [0.1, 0.15) is 21.7 Å². The Balaban J connectivity index is 2.32. The average molecular weight is 282 g/mol. The molecule has 0 saturated heterocycles. The third-order valence-electron chi connectivity index (χ3n) is 3.36. The number of pyridine rings is 1. The molecule has 0 bridgehead atoms. The van der Waals surface area contributed by atoms with Gasteiger partial charge in [-0.2, -0.15) is 5.10 Å². The number of hydrogen-bond donors (Lipinski definition) is 1. The second-order valence-corrected chi connectivity index (χ2v) is 4.76. The standard InChI is InChI=1S/C15H14N4O2/c1-10-3-4-11(2)18(10)14-13(15(20)21)9-17-19(14)12-5-7-16-8-6-12/h3-9H,1-2H3,(H,20,21). The Labute approximate surface area is 121 Å². The lowest BCUT2D eigenvalue weighted by Crippen LogP contribution is -2.12. The summed E-state index contributed by atoms with van der Waals surface area (Å²) in [4.78, 5) is 15.5. The van der Waals surface area contributed by atoms with Crippen LogP contribution < -0.4 is 0 Å². The summed E-state index contributed by atoms with van der Waals surface area (Å²) in [6.07, 6.45) is 4.67. The quantitative estimate of drug-likeness (QED) is 0.800. The minimum atomic E-state index is -1.00. The lowest BCUT2D eigenvalue weighted by Gasteiger charge is -2.13. The molecule has 0 atom stereocenters. The van der Waals surface area contributed by atoms with Gasteiger partial charge in [0.15, 0.2) is 5.82 Å². The third-order valence-corrected chi connectivity index (χ3v) is 3.36. The van der Waals surface area contributed by atoms with E-state index >= 15 is 0 Å². The summed E-state index contributed by atoms with van der Waals surface area (Å²) in [5.74, 6) is -0.480. The molecule has 6 heteroatoms. The maximum absolute atomic E-state index is 11.5. The second-order valence-electron chi connectivity index (χ2n) is 4.76. The van der Waals surface area contributed by atoms with E-state index in [1.165, 1.54) is 6.20 Å². The van der Waals surface area contributed by atoms with E-state index in [0.29, 0.717) is 5.82 Å². The van der Waals surface area contributed by atoms with Crippen LogP contribution in [0.15, 0.2) is 42.9 Å². The highest BCUT2D eigenvalue weighted by Gasteiger charge is 2.21. The van der Waals surface area contributed by atoms with Gasteiger partial charge in [0.25, 0.3) is 0 Å². The Morgan fingerprint density at radius 1 is 1.10 bits per heavy atom. The first-order valence-corrected chi connectivity index (χ1v) is 6.46. The molecule has 0 spiro atoms. The summed E-state index contributed by atoms with van der Waals surface area (Å²) in [6.45, 7) is 3.87. The highest BCUT2D eigenvalue weighted by molar-refractivity contribution is 5.91. The first-order chi connectivity index (χ1) is 10.1. The summed E-state index contributed by atoms with van der Waals surface area (Å²) in [5, 5.41) is 13.7. The molecule has 3 aromatic rings. The smallest absolute Gasteiger partial charge is 0.341 e. The molecule has 106 valence electrons. The largest absolute Gasteiger partial charge is 0.477 e. The van der Waals surface area contributed by atoms with Gasteiger partial charge in [-0.1, -0.05) is 0 Å². The van der Waals surface area contributed by atoms with E-state index in [0.717, 1.165) is 17.1 Å². The number of carboxylic acid groups (broad SMARTS) is 1. The minimum Gasteiger partial charge on any atom is -0.477 e. The van der Waals surface area contributed by atoms with Crippen molar-refractivity contribution >= 4 is 5.97 Å². The van der Waals surface area contributed by atoms with Gasteiger partial charge in [-0.25, -0.2) is 9.48 Å². The van der Waals surface area contributed by atoms with Crippen LogP contribution in [0, 0.1) is 13.8 Å². The highest BCUT2D eigenvalue weighted by atomic mass is 16.4. The molecule has 0 amide bonds. The molecule has 3 aromatic heterocycles. The minimum absolute atomic E-state index is 0.161. The molecule has 21 heavy (non-hydrogen) atoms. The highest BCUT2D eigenvalue weighted by Crippen LogP contribution is 2.23. The number of aromatic carboxylic acids is 1. The van der Waals surface area contributed by atoms with Gasteiger partial charge in [-0.05, 0) is 38.1 Å². The fourth-order valence-corrected chi connectivity index (χ4v) is 2.38. The molecule has 0 radical (unpaired) electrons. The summed E-state index contributed by atoms with van der Waals surface area (Å²) in [7, 11) is 0. The van der Waals surface area contributed by atoms with Crippen LogP contribution in [0.25, 0.3) is 11.5 Å². The van der Waals surface area contributed by atoms with Crippen LogP contribution in [0.4, 0.5) is 0 Å². The predicted molar refractivity (Wildman–Crippen MR) is 77.1 cm³/mol. The third kappa shape index (κ3) is 2.10. The van der Waals surface area contributed by atoms with Gasteiger partial charge >= 0.3 is 5.97 Å². The Hall–Kier alpha value is -2.89. The normalized spacial score (nSPS) is 10.8. The molecule has 0 aliphatic heterocycles. The van der Waals surface area contributed by atoms with Crippen molar-refractivity contribution in [1.82, 2.24) is 19.3 Å². The fraction of sp³-hybridized carbons (Fsp3) is 0.133. The van der Waals surface area contributed by atoms with Crippen molar-refractivity contribution in [3.63, 3.8) is 0 Å². The summed E-state index contributed by atoms with van der Waals surface area (Å²) >= 11 is 0. The number of rotatable bonds is 3. The number of aryl methyl sites for hydroxylation is 2. The van der Waals surface area contributed by atoms with Gasteiger partial charge in [-0.15, -0.1) is 0 Å². The van der Waals surface area contributed by atoms with Crippen LogP contribution in [-0.2, 0) is 0 Å². The lowest BCUT2D eigenvalue weighted by atomic mass is 10.3. The van der Waals surface area contributed by atoms with Gasteiger partial charge in [0.05, 0.1) is 11.9 Å². The summed E-state index contributed by atoms with van der Waals surface area (Å²) in [6, 6.07) is 7.47. The van der Waals surface area contributed by atoms with E-state index in [-0.39, 0.29) is 5.56 Å². The van der Waals surface area contributed by atoms with Crippen molar-refractivity contribution in [1.29, 1.82) is 0 Å². The molecule has 1 N–H and O–H groups in total. The average Bonchev–Trinajstić information content (AvgIpc) is 3.03. The number of carboxylic acids is 1. The van der Waals surface area contributed by atoms with Crippen molar-refractivity contribution in [3.05, 3.63) is 59.8 Å². The van der Waals surface area contributed by atoms with Crippen molar-refractivity contribution < 1.29 is 9.90 Å². The molecule has 0 aromatic carbocycles. The molecule has 0 saturated carbocycles. The topological polar surface area (TPSA) is 72.9 Å². The Morgan fingerprint density at radius 2 is 1.71 bits per heavy atom. The zero-order valence-electron chi connectivity index (χ0n) is 11.7. The van der Waals surface area contributed by atoms with Crippen molar-refractivity contribution in [2.24, 2.45) is 0 Å². The number of aromatic nitrogens is 4. The van der Waals surface area contributed by atoms with Gasteiger partial charge in [0.1, 0.15) is 5.56 Å². The molecule has 3 rings (SSSR count). The maximum atomic E-state index is 11.5. The van der Waals surface area contributed by atoms with Gasteiger partial charge in [0, 0.05) is 23.8 Å². The Morgan fingerprint density at radius 3 is 2.29 bits per heavy atom. The summed E-state index contributed by atoms with van der Waals surface area (Å²) in [5.41, 5.74) is 2.82. The van der Waals surface area contributed by atoms with Crippen LogP contribution in [-0.4, -0.2) is 30.4 Å². The molecule has 3 heterocycles. The van der Waals surface area contributed by atoms with Crippen molar-refractivity contribution in [2.45, 2.75) is 13.8 Å². The number of nitrogens with zero attached hydrogens (tertiary/aromatic N) is 4. The SMILES string of the molecule is Cc1ccc(C)n1-c1c(C(=O)O)cnn1-c1ccncc1. The van der Waals surface area contributed by atoms with Crippen LogP contribution in [0.3, 0.4) is 0 Å². The lowest BCUT2D eigenvalue weighted by molar-refractivity contribution is 0.0697. The second kappa shape index (κ2) is 4.90. The summed E-state index contributed by atoms with van der Waals surface area (Å²) < 4.78 is 3.50. The van der Waals surface area contributed by atoms with Crippen LogP contribution in [0.2, 0.25) is 0 Å². The molecular formula is C15H14N4O2. The first kappa shape index (κ1) is 13.1. The van der Waals surface area contributed by atoms with Crippen LogP contribution in [0.5, 0.6) is 0 Å². The van der Waals surface area contributed by atoms with E-state index in [4.69, 9.17) is 0 Å². The van der Waals surface area contributed by atoms with Crippen LogP contribution >= 0.6 is 0 Å². The Bertz CT molecular complexity index is 783. The monoisotopic (exact) mass is 282 g/mol. The molecule has 0 unspecified atom stereocenters. The molecule has 0 fully saturated rings. The number of carbonyl (C=O) groups is 1. The van der Waals surface area contributed by atoms with E-state index in [1.807, 2.05) is 30.5 Å². The van der Waals surface area contributed by atoms with E-state index in [2.05, 4.69) is 10.1 Å². The molecule has 0 aliphatic rings. The van der Waals surface area contributed by atoms with Crippen molar-refractivity contribution in [3.8, 4) is 11.5 Å². The van der Waals surface area contributed by atoms with Gasteiger partial charge < -0.3 is 9.67 Å². The predicted octanol–water partition coefficient (Wildman–Crippen LogP) is 2.37. The van der Waals surface area contributed by atoms with Crippen molar-refractivity contribution in [2.75, 3.05) is 0 Å². The zero-order chi connectivity index (χ0) is 15.0. The molecule has 6 nitrogen and oxygen atoms in total. The maximum Gasteiger partial charge on any atom is 0.341 e. The van der Waals surface area contributed by atoms with E-state index in [9.17, 15) is 9.90 Å². The van der Waals surface area contributed by atoms with E-state index < -0.39 is 5.97 Å². The van der Waals surface area contributed by atoms with Gasteiger partial charge in [-0.3, -0.25) is 4.98 Å². The van der Waals surface area contributed by atoms with Gasteiger partial charge in [0.2, 0.25) is 0 Å².